The summed E-state index contributed by atoms with van der Waals surface area (Å²) in [4.78, 5) is 29.2. The maximum atomic E-state index is 12.6. The molecule has 4 aromatic rings. The van der Waals surface area contributed by atoms with Crippen molar-refractivity contribution in [3.05, 3.63) is 94.8 Å². The number of halogens is 2. The highest BCUT2D eigenvalue weighted by Gasteiger charge is 2.52. The van der Waals surface area contributed by atoms with Gasteiger partial charge in [-0.1, -0.05) is 78.3 Å². The van der Waals surface area contributed by atoms with Gasteiger partial charge in [-0.3, -0.25) is 10.1 Å². The van der Waals surface area contributed by atoms with E-state index in [1.54, 1.807) is 19.1 Å². The summed E-state index contributed by atoms with van der Waals surface area (Å²) in [7, 11) is 1.43. The van der Waals surface area contributed by atoms with E-state index in [1.165, 1.54) is 7.11 Å². The monoisotopic (exact) mass is 642 g/mol. The Labute approximate surface area is 238 Å². The zero-order valence-electron chi connectivity index (χ0n) is 20.7. The van der Waals surface area contributed by atoms with E-state index in [9.17, 15) is 9.59 Å². The SMILES string of the molecule is COC(=O)C1(c2ccc(-c3ccc(-c4nc(C)oc4NC(=O)O[C@H](I)c4ccccc4Cl)cc3)cc2)CC1. The van der Waals surface area contributed by atoms with Gasteiger partial charge in [0.1, 0.15) is 5.69 Å². The summed E-state index contributed by atoms with van der Waals surface area (Å²) in [5.74, 6) is 0.431. The maximum absolute atomic E-state index is 12.6. The van der Waals surface area contributed by atoms with Crippen molar-refractivity contribution in [1.82, 2.24) is 4.98 Å². The lowest BCUT2D eigenvalue weighted by atomic mass is 9.93. The number of esters is 1. The van der Waals surface area contributed by atoms with Crippen LogP contribution in [-0.4, -0.2) is 24.2 Å². The van der Waals surface area contributed by atoms with Crippen LogP contribution in [0.3, 0.4) is 0 Å². The second kappa shape index (κ2) is 10.8. The van der Waals surface area contributed by atoms with Crippen LogP contribution in [0.15, 0.2) is 77.2 Å². The topological polar surface area (TPSA) is 90.7 Å². The maximum Gasteiger partial charge on any atom is 0.415 e. The second-order valence-corrected chi connectivity index (χ2v) is 10.5. The Morgan fingerprint density at radius 1 is 1.00 bits per heavy atom. The smallest absolute Gasteiger partial charge is 0.415 e. The van der Waals surface area contributed by atoms with Crippen molar-refractivity contribution in [3.8, 4) is 22.4 Å². The number of nitrogens with zero attached hydrogens (tertiary/aromatic N) is 1. The molecule has 194 valence electrons. The molecule has 1 aliphatic carbocycles. The van der Waals surface area contributed by atoms with Crippen LogP contribution in [0, 0.1) is 6.92 Å². The first-order valence-electron chi connectivity index (χ1n) is 11.9. The molecule has 38 heavy (non-hydrogen) atoms. The molecule has 7 nitrogen and oxygen atoms in total. The van der Waals surface area contributed by atoms with Gasteiger partial charge in [0, 0.05) is 23.1 Å². The lowest BCUT2D eigenvalue weighted by molar-refractivity contribution is -0.143. The van der Waals surface area contributed by atoms with E-state index >= 15 is 0 Å². The highest BCUT2D eigenvalue weighted by atomic mass is 127. The summed E-state index contributed by atoms with van der Waals surface area (Å²) in [6, 6.07) is 23.0. The van der Waals surface area contributed by atoms with Gasteiger partial charge >= 0.3 is 12.1 Å². The quantitative estimate of drug-likeness (QED) is 0.125. The Morgan fingerprint density at radius 3 is 2.21 bits per heavy atom. The minimum Gasteiger partial charge on any atom is -0.468 e. The first-order valence-corrected chi connectivity index (χ1v) is 13.6. The van der Waals surface area contributed by atoms with Crippen molar-refractivity contribution in [2.24, 2.45) is 0 Å². The Hall–Kier alpha value is -3.37. The fourth-order valence-corrected chi connectivity index (χ4v) is 5.57. The number of aromatic nitrogens is 1. The zero-order chi connectivity index (χ0) is 26.9. The van der Waals surface area contributed by atoms with Gasteiger partial charge in [0.05, 0.1) is 12.5 Å². The highest BCUT2D eigenvalue weighted by Crippen LogP contribution is 2.49. The summed E-state index contributed by atoms with van der Waals surface area (Å²) >= 11 is 8.22. The van der Waals surface area contributed by atoms with Crippen LogP contribution in [0.4, 0.5) is 10.7 Å². The fraction of sp³-hybridized carbons (Fsp3) is 0.207. The van der Waals surface area contributed by atoms with Crippen LogP contribution in [0.1, 0.15) is 34.0 Å². The first kappa shape index (κ1) is 26.2. The number of carbonyl (C=O) groups excluding carboxylic acids is 2. The molecule has 0 bridgehead atoms. The number of hydrogen-bond donors (Lipinski definition) is 1. The van der Waals surface area contributed by atoms with Crippen LogP contribution in [-0.2, 0) is 19.7 Å². The largest absolute Gasteiger partial charge is 0.468 e. The molecule has 9 heteroatoms. The predicted molar refractivity (Wildman–Crippen MR) is 153 cm³/mol. The number of benzene rings is 3. The molecule has 0 aliphatic heterocycles. The lowest BCUT2D eigenvalue weighted by Gasteiger charge is -2.14. The molecule has 1 saturated carbocycles. The number of methoxy groups -OCH3 is 1. The van der Waals surface area contributed by atoms with Crippen LogP contribution >= 0.6 is 34.2 Å². The van der Waals surface area contributed by atoms with Crippen LogP contribution in [0.2, 0.25) is 5.02 Å². The molecule has 1 aliphatic rings. The summed E-state index contributed by atoms with van der Waals surface area (Å²) in [5.41, 5.74) is 4.48. The van der Waals surface area contributed by atoms with E-state index < -0.39 is 15.6 Å². The lowest BCUT2D eigenvalue weighted by Crippen LogP contribution is -2.21. The van der Waals surface area contributed by atoms with Crippen LogP contribution < -0.4 is 5.32 Å². The van der Waals surface area contributed by atoms with Gasteiger partial charge in [0.15, 0.2) is 10.0 Å². The van der Waals surface area contributed by atoms with E-state index in [1.807, 2.05) is 83.3 Å². The van der Waals surface area contributed by atoms with Gasteiger partial charge < -0.3 is 13.9 Å². The van der Waals surface area contributed by atoms with Crippen molar-refractivity contribution in [2.75, 3.05) is 12.4 Å². The van der Waals surface area contributed by atoms with Gasteiger partial charge in [-0.25, -0.2) is 9.78 Å². The van der Waals surface area contributed by atoms with Crippen LogP contribution in [0.25, 0.3) is 22.4 Å². The van der Waals surface area contributed by atoms with Crippen molar-refractivity contribution in [3.63, 3.8) is 0 Å². The number of hydrogen-bond acceptors (Lipinski definition) is 6. The van der Waals surface area contributed by atoms with Crippen LogP contribution in [0.5, 0.6) is 0 Å². The number of amides is 1. The van der Waals surface area contributed by atoms with Crippen molar-refractivity contribution < 1.29 is 23.5 Å². The van der Waals surface area contributed by atoms with Crippen molar-refractivity contribution >= 4 is 52.1 Å². The third-order valence-electron chi connectivity index (χ3n) is 6.57. The Balaban J connectivity index is 1.30. The standard InChI is InChI=1S/C29H24ClIN2O5/c1-17-32-24(26(37-17)33-28(35)38-25(31)22-5-3-4-6-23(22)30)20-9-7-18(8-10-20)19-11-13-21(14-12-19)29(15-16-29)27(34)36-2/h3-14,25H,15-16H2,1-2H3,(H,33,35)/t25-/m0/s1. The second-order valence-electron chi connectivity index (χ2n) is 9.01. The van der Waals surface area contributed by atoms with E-state index in [0.29, 0.717) is 22.2 Å². The first-order chi connectivity index (χ1) is 18.3. The molecule has 1 N–H and O–H groups in total. The van der Waals surface area contributed by atoms with Crippen molar-refractivity contribution in [2.45, 2.75) is 29.3 Å². The van der Waals surface area contributed by atoms with E-state index in [4.69, 9.17) is 25.5 Å². The minimum atomic E-state index is -0.682. The summed E-state index contributed by atoms with van der Waals surface area (Å²) in [5, 5.41) is 3.18. The zero-order valence-corrected chi connectivity index (χ0v) is 23.6. The number of oxazole rings is 1. The molecule has 1 heterocycles. The third-order valence-corrected chi connectivity index (χ3v) is 7.83. The van der Waals surface area contributed by atoms with E-state index in [-0.39, 0.29) is 11.9 Å². The van der Waals surface area contributed by atoms with E-state index in [0.717, 1.165) is 35.1 Å². The molecule has 5 rings (SSSR count). The summed E-state index contributed by atoms with van der Waals surface area (Å²) in [6.07, 6.45) is 0.944. The molecular formula is C29H24ClIN2O5. The molecule has 3 aromatic carbocycles. The number of carbonyl (C=O) groups is 2. The highest BCUT2D eigenvalue weighted by molar-refractivity contribution is 14.1. The Morgan fingerprint density at radius 2 is 1.61 bits per heavy atom. The number of anilines is 1. The number of rotatable bonds is 7. The molecular weight excluding hydrogens is 619 g/mol. The molecule has 1 atom stereocenters. The molecule has 1 fully saturated rings. The van der Waals surface area contributed by atoms with Gasteiger partial charge in [-0.2, -0.15) is 0 Å². The number of ether oxygens (including phenoxy) is 2. The molecule has 0 spiro atoms. The Bertz CT molecular complexity index is 1480. The van der Waals surface area contributed by atoms with Gasteiger partial charge in [-0.15, -0.1) is 0 Å². The molecule has 1 amide bonds. The molecule has 0 unspecified atom stereocenters. The minimum absolute atomic E-state index is 0.177. The summed E-state index contributed by atoms with van der Waals surface area (Å²) < 4.78 is 15.6. The Kier molecular flexibility index (Phi) is 7.45. The summed E-state index contributed by atoms with van der Waals surface area (Å²) in [6.45, 7) is 1.71. The van der Waals surface area contributed by atoms with E-state index in [2.05, 4.69) is 10.3 Å². The average molecular weight is 643 g/mol. The van der Waals surface area contributed by atoms with Crippen molar-refractivity contribution in [1.29, 1.82) is 0 Å². The van der Waals surface area contributed by atoms with Gasteiger partial charge in [0.2, 0.25) is 5.88 Å². The number of alkyl halides is 1. The normalized spacial score (nSPS) is 14.4. The molecule has 1 aromatic heterocycles. The van der Waals surface area contributed by atoms with Gasteiger partial charge in [0.25, 0.3) is 0 Å². The molecule has 0 radical (unpaired) electrons. The average Bonchev–Trinajstić information content (AvgIpc) is 3.66. The molecule has 0 saturated heterocycles. The third kappa shape index (κ3) is 5.28. The predicted octanol–water partition coefficient (Wildman–Crippen LogP) is 7.86. The number of nitrogens with one attached hydrogen (secondary N) is 1. The number of aryl methyl sites for hydroxylation is 1. The van der Waals surface area contributed by atoms with Gasteiger partial charge in [-0.05, 0) is 58.2 Å². The fourth-order valence-electron chi connectivity index (χ4n) is 4.38.